The Kier molecular flexibility index (Phi) is 3.10. The van der Waals surface area contributed by atoms with Gasteiger partial charge in [-0.05, 0) is 12.1 Å². The van der Waals surface area contributed by atoms with Crippen LogP contribution in [0.1, 0.15) is 15.9 Å². The predicted molar refractivity (Wildman–Crippen MR) is 49.7 cm³/mol. The van der Waals surface area contributed by atoms with Gasteiger partial charge in [0, 0.05) is 4.90 Å². The molecule has 0 unspecified atom stereocenters. The fourth-order valence-electron chi connectivity index (χ4n) is 0.922. The number of carbonyl (C=O) groups is 1. The van der Waals surface area contributed by atoms with Crippen LogP contribution < -0.4 is 0 Å². The Morgan fingerprint density at radius 1 is 1.64 bits per heavy atom. The van der Waals surface area contributed by atoms with Crippen molar-refractivity contribution in [2.45, 2.75) is 4.90 Å². The van der Waals surface area contributed by atoms with Crippen molar-refractivity contribution < 1.29 is 13.9 Å². The maximum atomic E-state index is 13.0. The van der Waals surface area contributed by atoms with E-state index in [1.54, 1.807) is 6.07 Å². The zero-order chi connectivity index (χ0) is 10.7. The molecular formula is C9H6FNO2S. The second-order valence-corrected chi connectivity index (χ2v) is 2.93. The number of rotatable bonds is 1. The summed E-state index contributed by atoms with van der Waals surface area (Å²) in [5.74, 6) is -1.35. The lowest BCUT2D eigenvalue weighted by Crippen LogP contribution is -2.04. The van der Waals surface area contributed by atoms with Crippen molar-refractivity contribution in [3.63, 3.8) is 0 Å². The number of methoxy groups -OCH3 is 1. The molecule has 0 aliphatic heterocycles. The van der Waals surface area contributed by atoms with Crippen molar-refractivity contribution in [2.75, 3.05) is 7.11 Å². The largest absolute Gasteiger partial charge is 0.465 e. The Labute approximate surface area is 85.5 Å². The monoisotopic (exact) mass is 211 g/mol. The summed E-state index contributed by atoms with van der Waals surface area (Å²) in [5, 5.41) is 8.52. The van der Waals surface area contributed by atoms with Crippen LogP contribution in [0.5, 0.6) is 0 Å². The number of hydrogen-bond acceptors (Lipinski definition) is 4. The van der Waals surface area contributed by atoms with E-state index >= 15 is 0 Å². The third-order valence-corrected chi connectivity index (χ3v) is 1.98. The van der Waals surface area contributed by atoms with Gasteiger partial charge in [0.1, 0.15) is 11.9 Å². The summed E-state index contributed by atoms with van der Waals surface area (Å²) < 4.78 is 17.4. The molecule has 14 heavy (non-hydrogen) atoms. The SMILES string of the molecule is COC(=O)c1cc(C#N)c(F)cc1S. The number of benzene rings is 1. The van der Waals surface area contributed by atoms with Gasteiger partial charge in [0.25, 0.3) is 0 Å². The quantitative estimate of drug-likeness (QED) is 0.569. The molecule has 1 aromatic rings. The van der Waals surface area contributed by atoms with Crippen molar-refractivity contribution in [3.8, 4) is 6.07 Å². The van der Waals surface area contributed by atoms with E-state index in [2.05, 4.69) is 17.4 Å². The minimum absolute atomic E-state index is 0.0776. The third kappa shape index (κ3) is 1.86. The molecule has 0 aliphatic rings. The third-order valence-electron chi connectivity index (χ3n) is 1.61. The zero-order valence-corrected chi connectivity index (χ0v) is 8.14. The van der Waals surface area contributed by atoms with E-state index in [0.29, 0.717) is 0 Å². The normalized spacial score (nSPS) is 9.29. The minimum Gasteiger partial charge on any atom is -0.465 e. The van der Waals surface area contributed by atoms with Crippen molar-refractivity contribution in [3.05, 3.63) is 29.1 Å². The minimum atomic E-state index is -0.704. The highest BCUT2D eigenvalue weighted by atomic mass is 32.1. The predicted octanol–water partition coefficient (Wildman–Crippen LogP) is 1.77. The summed E-state index contributed by atoms with van der Waals surface area (Å²) in [6, 6.07) is 3.75. The number of thiol groups is 1. The standard InChI is InChI=1S/C9H6FNO2S/c1-13-9(12)6-2-5(4-11)7(10)3-8(6)14/h2-3,14H,1H3. The molecule has 0 aromatic heterocycles. The van der Waals surface area contributed by atoms with E-state index in [1.807, 2.05) is 0 Å². The van der Waals surface area contributed by atoms with Crippen molar-refractivity contribution in [1.29, 1.82) is 5.26 Å². The van der Waals surface area contributed by atoms with Crippen LogP contribution >= 0.6 is 12.6 Å². The summed E-state index contributed by atoms with van der Waals surface area (Å²) in [6.07, 6.45) is 0. The van der Waals surface area contributed by atoms with Crippen LogP contribution in [-0.2, 0) is 4.74 Å². The highest BCUT2D eigenvalue weighted by Crippen LogP contribution is 2.19. The van der Waals surface area contributed by atoms with E-state index < -0.39 is 11.8 Å². The summed E-state index contributed by atoms with van der Waals surface area (Å²) in [4.78, 5) is 11.3. The highest BCUT2D eigenvalue weighted by Gasteiger charge is 2.13. The Morgan fingerprint density at radius 3 is 2.79 bits per heavy atom. The Morgan fingerprint density at radius 2 is 2.29 bits per heavy atom. The average molecular weight is 211 g/mol. The molecule has 0 spiro atoms. The lowest BCUT2D eigenvalue weighted by molar-refractivity contribution is 0.0596. The topological polar surface area (TPSA) is 50.1 Å². The molecule has 0 saturated carbocycles. The first-order valence-corrected chi connectivity index (χ1v) is 4.05. The first kappa shape index (κ1) is 10.5. The molecule has 0 aliphatic carbocycles. The fraction of sp³-hybridized carbons (Fsp3) is 0.111. The Bertz CT molecular complexity index is 426. The van der Waals surface area contributed by atoms with Crippen LogP contribution in [0.25, 0.3) is 0 Å². The van der Waals surface area contributed by atoms with Crippen molar-refractivity contribution in [2.24, 2.45) is 0 Å². The smallest absolute Gasteiger partial charge is 0.339 e. The van der Waals surface area contributed by atoms with Crippen LogP contribution in [0, 0.1) is 17.1 Å². The number of carbonyl (C=O) groups excluding carboxylic acids is 1. The van der Waals surface area contributed by atoms with E-state index in [1.165, 1.54) is 7.11 Å². The van der Waals surface area contributed by atoms with E-state index in [0.717, 1.165) is 12.1 Å². The van der Waals surface area contributed by atoms with Gasteiger partial charge in [-0.15, -0.1) is 12.6 Å². The maximum absolute atomic E-state index is 13.0. The lowest BCUT2D eigenvalue weighted by Gasteiger charge is -2.03. The molecule has 72 valence electrons. The van der Waals surface area contributed by atoms with Crippen LogP contribution in [0.15, 0.2) is 17.0 Å². The van der Waals surface area contributed by atoms with Gasteiger partial charge in [-0.25, -0.2) is 9.18 Å². The van der Waals surface area contributed by atoms with Crippen molar-refractivity contribution in [1.82, 2.24) is 0 Å². The van der Waals surface area contributed by atoms with E-state index in [-0.39, 0.29) is 16.0 Å². The first-order valence-electron chi connectivity index (χ1n) is 3.61. The van der Waals surface area contributed by atoms with Crippen molar-refractivity contribution >= 4 is 18.6 Å². The number of nitriles is 1. The molecule has 0 heterocycles. The molecule has 0 saturated heterocycles. The van der Waals surface area contributed by atoms with Crippen LogP contribution in [0.4, 0.5) is 4.39 Å². The van der Waals surface area contributed by atoms with E-state index in [9.17, 15) is 9.18 Å². The molecule has 3 nitrogen and oxygen atoms in total. The second kappa shape index (κ2) is 4.11. The number of nitrogens with zero attached hydrogens (tertiary/aromatic N) is 1. The van der Waals surface area contributed by atoms with Gasteiger partial charge in [-0.3, -0.25) is 0 Å². The molecule has 0 fully saturated rings. The first-order chi connectivity index (χ1) is 6.60. The van der Waals surface area contributed by atoms with Gasteiger partial charge in [0.15, 0.2) is 0 Å². The van der Waals surface area contributed by atoms with E-state index in [4.69, 9.17) is 5.26 Å². The maximum Gasteiger partial charge on any atom is 0.339 e. The van der Waals surface area contributed by atoms with Gasteiger partial charge in [-0.2, -0.15) is 5.26 Å². The molecule has 0 bridgehead atoms. The summed E-state index contributed by atoms with van der Waals surface area (Å²) >= 11 is 3.90. The van der Waals surface area contributed by atoms with Crippen LogP contribution in [-0.4, -0.2) is 13.1 Å². The van der Waals surface area contributed by atoms with Crippen LogP contribution in [0.3, 0.4) is 0 Å². The summed E-state index contributed by atoms with van der Waals surface area (Å²) in [7, 11) is 1.20. The molecule has 1 rings (SSSR count). The zero-order valence-electron chi connectivity index (χ0n) is 7.24. The lowest BCUT2D eigenvalue weighted by atomic mass is 10.1. The molecule has 0 amide bonds. The van der Waals surface area contributed by atoms with Gasteiger partial charge >= 0.3 is 5.97 Å². The number of halogens is 1. The average Bonchev–Trinajstić information content (AvgIpc) is 2.17. The molecule has 0 N–H and O–H groups in total. The van der Waals surface area contributed by atoms with Gasteiger partial charge in [0.05, 0.1) is 18.2 Å². The van der Waals surface area contributed by atoms with Gasteiger partial charge < -0.3 is 4.74 Å². The Balaban J connectivity index is 3.33. The van der Waals surface area contributed by atoms with Gasteiger partial charge in [-0.1, -0.05) is 0 Å². The summed E-state index contributed by atoms with van der Waals surface area (Å²) in [5.41, 5.74) is -0.128. The summed E-state index contributed by atoms with van der Waals surface area (Å²) in [6.45, 7) is 0. The number of hydrogen-bond donors (Lipinski definition) is 1. The number of esters is 1. The highest BCUT2D eigenvalue weighted by molar-refractivity contribution is 7.80. The molecule has 1 aromatic carbocycles. The fourth-order valence-corrected chi connectivity index (χ4v) is 1.19. The number of ether oxygens (including phenoxy) is 1. The van der Waals surface area contributed by atoms with Gasteiger partial charge in [0.2, 0.25) is 0 Å². The molecule has 5 heteroatoms. The van der Waals surface area contributed by atoms with Crippen LogP contribution in [0.2, 0.25) is 0 Å². The molecular weight excluding hydrogens is 205 g/mol. The molecule has 0 radical (unpaired) electrons. The Hall–Kier alpha value is -1.54. The second-order valence-electron chi connectivity index (χ2n) is 2.45. The molecule has 0 atom stereocenters.